The first-order valence-corrected chi connectivity index (χ1v) is 8.35. The Balaban J connectivity index is 2.18. The normalized spacial score (nSPS) is 24.5. The molecule has 0 bridgehead atoms. The summed E-state index contributed by atoms with van der Waals surface area (Å²) in [5.74, 6) is 0.253. The molecule has 0 amide bonds. The number of rotatable bonds is 2. The molecule has 0 N–H and O–H groups in total. The zero-order valence-corrected chi connectivity index (χ0v) is 12.9. The van der Waals surface area contributed by atoms with Gasteiger partial charge in [-0.3, -0.25) is 4.90 Å². The maximum absolute atomic E-state index is 12.2. The van der Waals surface area contributed by atoms with Gasteiger partial charge in [-0.15, -0.1) is 0 Å². The summed E-state index contributed by atoms with van der Waals surface area (Å²) in [5.41, 5.74) is 1.01. The Morgan fingerprint density at radius 2 is 2.11 bits per heavy atom. The van der Waals surface area contributed by atoms with Gasteiger partial charge in [-0.05, 0) is 27.7 Å². The Kier molecular flexibility index (Phi) is 3.75. The third-order valence-electron chi connectivity index (χ3n) is 3.85. The Hall–Kier alpha value is -0.880. The summed E-state index contributed by atoms with van der Waals surface area (Å²) >= 11 is 0. The molecule has 1 fully saturated rings. The highest BCUT2D eigenvalue weighted by molar-refractivity contribution is 7.92. The lowest BCUT2D eigenvalue weighted by atomic mass is 10.1. The minimum atomic E-state index is -3.00. The minimum absolute atomic E-state index is 0.0121. The molecule has 19 heavy (non-hydrogen) atoms. The molecular formula is C13H23N3O2S. The summed E-state index contributed by atoms with van der Waals surface area (Å²) < 4.78 is 26.4. The number of aromatic nitrogens is 2. The van der Waals surface area contributed by atoms with Gasteiger partial charge in [-0.2, -0.15) is 0 Å². The maximum Gasteiger partial charge on any atom is 0.157 e. The quantitative estimate of drug-likeness (QED) is 0.816. The third kappa shape index (κ3) is 3.17. The van der Waals surface area contributed by atoms with Crippen LogP contribution >= 0.6 is 0 Å². The van der Waals surface area contributed by atoms with E-state index < -0.39 is 9.84 Å². The van der Waals surface area contributed by atoms with E-state index in [1.54, 1.807) is 12.5 Å². The second-order valence-electron chi connectivity index (χ2n) is 6.29. The largest absolute Gasteiger partial charge is 0.334 e. The van der Waals surface area contributed by atoms with Crippen molar-refractivity contribution in [2.75, 3.05) is 18.8 Å². The van der Waals surface area contributed by atoms with Crippen LogP contribution in [0.1, 0.15) is 26.5 Å². The summed E-state index contributed by atoms with van der Waals surface area (Å²) in [4.78, 5) is 6.31. The first-order chi connectivity index (χ1) is 8.70. The molecule has 1 aliphatic rings. The fraction of sp³-hybridized carbons (Fsp3) is 0.769. The third-order valence-corrected chi connectivity index (χ3v) is 5.91. The molecule has 6 heteroatoms. The molecule has 2 rings (SSSR count). The highest BCUT2D eigenvalue weighted by atomic mass is 32.2. The number of imidazole rings is 1. The zero-order valence-electron chi connectivity index (χ0n) is 12.1. The molecule has 0 radical (unpaired) electrons. The molecule has 0 aromatic carbocycles. The van der Waals surface area contributed by atoms with Crippen molar-refractivity contribution in [1.29, 1.82) is 0 Å². The number of nitrogens with zero attached hydrogens (tertiary/aromatic N) is 3. The van der Waals surface area contributed by atoms with Gasteiger partial charge >= 0.3 is 0 Å². The molecule has 108 valence electrons. The van der Waals surface area contributed by atoms with Crippen LogP contribution in [0.25, 0.3) is 0 Å². The summed E-state index contributed by atoms with van der Waals surface area (Å²) in [6.45, 7) is 10.1. The summed E-state index contributed by atoms with van der Waals surface area (Å²) in [7, 11) is -3.00. The predicted octanol–water partition coefficient (Wildman–Crippen LogP) is 1.09. The molecule has 1 aromatic heterocycles. The smallest absolute Gasteiger partial charge is 0.157 e. The van der Waals surface area contributed by atoms with E-state index in [1.165, 1.54) is 0 Å². The van der Waals surface area contributed by atoms with Crippen molar-refractivity contribution in [3.8, 4) is 0 Å². The Morgan fingerprint density at radius 1 is 1.42 bits per heavy atom. The van der Waals surface area contributed by atoms with E-state index in [-0.39, 0.29) is 16.5 Å². The average molecular weight is 285 g/mol. The highest BCUT2D eigenvalue weighted by Gasteiger charge is 2.37. The molecule has 0 saturated carbocycles. The van der Waals surface area contributed by atoms with Gasteiger partial charge in [0, 0.05) is 37.1 Å². The fourth-order valence-electron chi connectivity index (χ4n) is 2.43. The zero-order chi connectivity index (χ0) is 14.3. The molecule has 2 heterocycles. The SMILES string of the molecule is Cc1cncn1C[C@H]1CN(C(C)(C)C)CCS1(=O)=O. The number of hydrogen-bond donors (Lipinski definition) is 0. The minimum Gasteiger partial charge on any atom is -0.334 e. The van der Waals surface area contributed by atoms with Gasteiger partial charge in [0.1, 0.15) is 0 Å². The lowest BCUT2D eigenvalue weighted by Crippen LogP contribution is -2.55. The molecule has 0 unspecified atom stereocenters. The molecule has 1 atom stereocenters. The van der Waals surface area contributed by atoms with Crippen molar-refractivity contribution in [2.24, 2.45) is 0 Å². The first kappa shape index (κ1) is 14.5. The van der Waals surface area contributed by atoms with Crippen molar-refractivity contribution < 1.29 is 8.42 Å². The van der Waals surface area contributed by atoms with Gasteiger partial charge in [0.15, 0.2) is 9.84 Å². The Bertz CT molecular complexity index is 542. The maximum atomic E-state index is 12.2. The van der Waals surface area contributed by atoms with Gasteiger partial charge in [0.25, 0.3) is 0 Å². The first-order valence-electron chi connectivity index (χ1n) is 6.63. The highest BCUT2D eigenvalue weighted by Crippen LogP contribution is 2.22. The van der Waals surface area contributed by atoms with Crippen molar-refractivity contribution in [1.82, 2.24) is 14.5 Å². The van der Waals surface area contributed by atoms with E-state index in [4.69, 9.17) is 0 Å². The van der Waals surface area contributed by atoms with Crippen LogP contribution < -0.4 is 0 Å². The standard InChI is InChI=1S/C13H23N3O2S/c1-11-7-14-10-15(11)8-12-9-16(13(2,3)4)5-6-19(12,17)18/h7,10,12H,5-6,8-9H2,1-4H3/t12-/m0/s1. The monoisotopic (exact) mass is 285 g/mol. The molecular weight excluding hydrogens is 262 g/mol. The van der Waals surface area contributed by atoms with Crippen molar-refractivity contribution in [3.05, 3.63) is 18.2 Å². The molecule has 0 aliphatic carbocycles. The molecule has 0 spiro atoms. The van der Waals surface area contributed by atoms with Crippen LogP contribution in [-0.4, -0.2) is 52.5 Å². The summed E-state index contributed by atoms with van der Waals surface area (Å²) in [5, 5.41) is -0.339. The number of sulfone groups is 1. The van der Waals surface area contributed by atoms with E-state index >= 15 is 0 Å². The second-order valence-corrected chi connectivity index (χ2v) is 8.69. The molecule has 1 aromatic rings. The fourth-order valence-corrected chi connectivity index (χ4v) is 4.04. The van der Waals surface area contributed by atoms with Gasteiger partial charge < -0.3 is 4.57 Å². The lowest BCUT2D eigenvalue weighted by molar-refractivity contribution is 0.136. The van der Waals surface area contributed by atoms with E-state index in [9.17, 15) is 8.42 Å². The van der Waals surface area contributed by atoms with Gasteiger partial charge in [-0.25, -0.2) is 13.4 Å². The predicted molar refractivity (Wildman–Crippen MR) is 75.9 cm³/mol. The van der Waals surface area contributed by atoms with Gasteiger partial charge in [0.05, 0.1) is 17.3 Å². The van der Waals surface area contributed by atoms with E-state index in [0.29, 0.717) is 19.6 Å². The average Bonchev–Trinajstić information content (AvgIpc) is 2.65. The molecule has 1 saturated heterocycles. The van der Waals surface area contributed by atoms with E-state index in [0.717, 1.165) is 5.69 Å². The van der Waals surface area contributed by atoms with Crippen molar-refractivity contribution in [2.45, 2.75) is 45.0 Å². The van der Waals surface area contributed by atoms with Crippen molar-refractivity contribution >= 4 is 9.84 Å². The number of aryl methyl sites for hydroxylation is 1. The topological polar surface area (TPSA) is 55.2 Å². The Morgan fingerprint density at radius 3 is 2.63 bits per heavy atom. The van der Waals surface area contributed by atoms with Crippen LogP contribution in [0, 0.1) is 6.92 Å². The van der Waals surface area contributed by atoms with Crippen LogP contribution in [0.5, 0.6) is 0 Å². The van der Waals surface area contributed by atoms with Gasteiger partial charge in [-0.1, -0.05) is 0 Å². The van der Waals surface area contributed by atoms with Crippen LogP contribution in [0.2, 0.25) is 0 Å². The van der Waals surface area contributed by atoms with E-state index in [2.05, 4.69) is 30.7 Å². The Labute approximate surface area is 115 Å². The van der Waals surface area contributed by atoms with Crippen LogP contribution in [0.3, 0.4) is 0 Å². The molecule has 1 aliphatic heterocycles. The van der Waals surface area contributed by atoms with E-state index in [1.807, 2.05) is 11.5 Å². The molecule has 5 nitrogen and oxygen atoms in total. The van der Waals surface area contributed by atoms with Crippen LogP contribution in [-0.2, 0) is 16.4 Å². The lowest BCUT2D eigenvalue weighted by Gasteiger charge is -2.41. The van der Waals surface area contributed by atoms with Crippen LogP contribution in [0.4, 0.5) is 0 Å². The van der Waals surface area contributed by atoms with Crippen LogP contribution in [0.15, 0.2) is 12.5 Å². The number of hydrogen-bond acceptors (Lipinski definition) is 4. The second kappa shape index (κ2) is 4.90. The van der Waals surface area contributed by atoms with Crippen molar-refractivity contribution in [3.63, 3.8) is 0 Å². The summed E-state index contributed by atoms with van der Waals surface area (Å²) in [6, 6.07) is 0. The van der Waals surface area contributed by atoms with Gasteiger partial charge in [0.2, 0.25) is 0 Å². The summed E-state index contributed by atoms with van der Waals surface area (Å²) in [6.07, 6.45) is 3.47.